The highest BCUT2D eigenvalue weighted by atomic mass is 35.5. The first-order valence-corrected chi connectivity index (χ1v) is 9.39. The van der Waals surface area contributed by atoms with Crippen LogP contribution < -0.4 is 4.74 Å². The van der Waals surface area contributed by atoms with Crippen molar-refractivity contribution in [3.8, 4) is 11.6 Å². The van der Waals surface area contributed by atoms with Crippen molar-refractivity contribution in [1.29, 1.82) is 0 Å². The molecule has 0 aliphatic carbocycles. The van der Waals surface area contributed by atoms with Crippen molar-refractivity contribution >= 4 is 23.2 Å². The van der Waals surface area contributed by atoms with Crippen molar-refractivity contribution in [1.82, 2.24) is 14.7 Å². The van der Waals surface area contributed by atoms with E-state index in [2.05, 4.69) is 10.00 Å². The number of rotatable bonds is 6. The molecule has 1 N–H and O–H groups in total. The van der Waals surface area contributed by atoms with Crippen molar-refractivity contribution < 1.29 is 14.6 Å². The number of aromatic nitrogens is 2. The third-order valence-corrected chi connectivity index (χ3v) is 5.18. The molecule has 3 rings (SSSR count). The average molecular weight is 400 g/mol. The predicted molar refractivity (Wildman–Crippen MR) is 102 cm³/mol. The van der Waals surface area contributed by atoms with Gasteiger partial charge in [0.05, 0.1) is 46.3 Å². The second kappa shape index (κ2) is 8.59. The molecule has 26 heavy (non-hydrogen) atoms. The highest BCUT2D eigenvalue weighted by molar-refractivity contribution is 6.42. The number of morpholine rings is 1. The highest BCUT2D eigenvalue weighted by Crippen LogP contribution is 2.31. The van der Waals surface area contributed by atoms with E-state index in [0.717, 1.165) is 44.2 Å². The molecular weight excluding hydrogens is 377 g/mol. The standard InChI is InChI=1S/C18H23Cl2N3O3/c1-12-17(13(2)24)18(26-10-7-22-5-8-25-9-6-22)21-23(12)14-3-4-15(19)16(20)11-14/h3-4,11,13,24H,5-10H2,1-2H3. The lowest BCUT2D eigenvalue weighted by molar-refractivity contribution is 0.0318. The van der Waals surface area contributed by atoms with Crippen LogP contribution in [0.1, 0.15) is 24.3 Å². The van der Waals surface area contributed by atoms with Crippen molar-refractivity contribution in [3.63, 3.8) is 0 Å². The number of nitrogens with zero attached hydrogens (tertiary/aromatic N) is 3. The summed E-state index contributed by atoms with van der Waals surface area (Å²) in [5.74, 6) is 0.442. The fourth-order valence-electron chi connectivity index (χ4n) is 3.04. The van der Waals surface area contributed by atoms with Crippen LogP contribution in [0.25, 0.3) is 5.69 Å². The molecule has 0 amide bonds. The summed E-state index contributed by atoms with van der Waals surface area (Å²) in [6, 6.07) is 5.30. The molecule has 1 atom stereocenters. The molecule has 1 unspecified atom stereocenters. The Morgan fingerprint density at radius 1 is 1.27 bits per heavy atom. The van der Waals surface area contributed by atoms with E-state index in [-0.39, 0.29) is 0 Å². The van der Waals surface area contributed by atoms with Crippen molar-refractivity contribution in [2.75, 3.05) is 39.5 Å². The van der Waals surface area contributed by atoms with Gasteiger partial charge in [0, 0.05) is 19.6 Å². The Bertz CT molecular complexity index is 758. The van der Waals surface area contributed by atoms with E-state index < -0.39 is 6.10 Å². The average Bonchev–Trinajstić information content (AvgIpc) is 2.95. The molecule has 1 aromatic heterocycles. The molecule has 0 spiro atoms. The summed E-state index contributed by atoms with van der Waals surface area (Å²) in [5, 5.41) is 15.7. The molecule has 8 heteroatoms. The lowest BCUT2D eigenvalue weighted by Gasteiger charge is -2.26. The quantitative estimate of drug-likeness (QED) is 0.807. The third-order valence-electron chi connectivity index (χ3n) is 4.44. The molecule has 0 saturated carbocycles. The molecule has 2 heterocycles. The fourth-order valence-corrected chi connectivity index (χ4v) is 3.33. The zero-order valence-electron chi connectivity index (χ0n) is 14.9. The van der Waals surface area contributed by atoms with Crippen LogP contribution in [-0.4, -0.2) is 59.2 Å². The molecule has 2 aromatic rings. The van der Waals surface area contributed by atoms with E-state index in [9.17, 15) is 5.11 Å². The second-order valence-electron chi connectivity index (χ2n) is 6.29. The lowest BCUT2D eigenvalue weighted by Crippen LogP contribution is -2.38. The number of ether oxygens (including phenoxy) is 2. The molecule has 1 saturated heterocycles. The van der Waals surface area contributed by atoms with Crippen LogP contribution in [0.3, 0.4) is 0 Å². The summed E-state index contributed by atoms with van der Waals surface area (Å²) in [4.78, 5) is 2.29. The first-order chi connectivity index (χ1) is 12.5. The third kappa shape index (κ3) is 4.32. The van der Waals surface area contributed by atoms with Gasteiger partial charge in [0.2, 0.25) is 5.88 Å². The molecule has 1 fully saturated rings. The minimum absolute atomic E-state index is 0.442. The van der Waals surface area contributed by atoms with E-state index >= 15 is 0 Å². The van der Waals surface area contributed by atoms with E-state index in [1.165, 1.54) is 0 Å². The van der Waals surface area contributed by atoms with Gasteiger partial charge in [0.1, 0.15) is 6.61 Å². The van der Waals surface area contributed by atoms with Gasteiger partial charge in [-0.2, -0.15) is 0 Å². The SMILES string of the molecule is Cc1c(C(C)O)c(OCCN2CCOCC2)nn1-c1ccc(Cl)c(Cl)c1. The minimum Gasteiger partial charge on any atom is -0.475 e. The van der Waals surface area contributed by atoms with Gasteiger partial charge in [-0.25, -0.2) is 4.68 Å². The summed E-state index contributed by atoms with van der Waals surface area (Å²) in [5.41, 5.74) is 2.25. The summed E-state index contributed by atoms with van der Waals surface area (Å²) in [7, 11) is 0. The van der Waals surface area contributed by atoms with Crippen LogP contribution in [0, 0.1) is 6.92 Å². The summed E-state index contributed by atoms with van der Waals surface area (Å²) < 4.78 is 13.0. The number of aliphatic hydroxyl groups is 1. The van der Waals surface area contributed by atoms with Gasteiger partial charge in [0.25, 0.3) is 0 Å². The number of hydrogen-bond acceptors (Lipinski definition) is 5. The van der Waals surface area contributed by atoms with Crippen LogP contribution in [0.2, 0.25) is 10.0 Å². The Labute approximate surface area is 163 Å². The summed E-state index contributed by atoms with van der Waals surface area (Å²) in [6.45, 7) is 8.21. The van der Waals surface area contributed by atoms with Crippen molar-refractivity contribution in [2.24, 2.45) is 0 Å². The maximum absolute atomic E-state index is 10.2. The van der Waals surface area contributed by atoms with Gasteiger partial charge in [-0.1, -0.05) is 23.2 Å². The summed E-state index contributed by atoms with van der Waals surface area (Å²) in [6.07, 6.45) is -0.690. The zero-order valence-corrected chi connectivity index (χ0v) is 16.4. The summed E-state index contributed by atoms with van der Waals surface area (Å²) >= 11 is 12.1. The maximum atomic E-state index is 10.2. The molecule has 1 aliphatic rings. The Morgan fingerprint density at radius 2 is 2.00 bits per heavy atom. The predicted octanol–water partition coefficient (Wildman–Crippen LogP) is 3.25. The van der Waals surface area contributed by atoms with Gasteiger partial charge in [-0.05, 0) is 32.0 Å². The fraction of sp³-hybridized carbons (Fsp3) is 0.500. The molecule has 1 aromatic carbocycles. The number of benzene rings is 1. The normalized spacial score (nSPS) is 16.7. The van der Waals surface area contributed by atoms with E-state index in [1.807, 2.05) is 13.0 Å². The Kier molecular flexibility index (Phi) is 6.42. The highest BCUT2D eigenvalue weighted by Gasteiger charge is 2.21. The molecule has 0 bridgehead atoms. The first kappa shape index (κ1) is 19.5. The Balaban J connectivity index is 1.79. The van der Waals surface area contributed by atoms with Crippen molar-refractivity contribution in [2.45, 2.75) is 20.0 Å². The van der Waals surface area contributed by atoms with Gasteiger partial charge in [-0.15, -0.1) is 5.10 Å². The van der Waals surface area contributed by atoms with Gasteiger partial charge >= 0.3 is 0 Å². The Hall–Kier alpha value is -1.31. The topological polar surface area (TPSA) is 59.8 Å². The Morgan fingerprint density at radius 3 is 2.65 bits per heavy atom. The van der Waals surface area contributed by atoms with E-state index in [1.54, 1.807) is 23.7 Å². The smallest absolute Gasteiger partial charge is 0.239 e. The lowest BCUT2D eigenvalue weighted by atomic mass is 10.1. The van der Waals surface area contributed by atoms with E-state index in [0.29, 0.717) is 28.1 Å². The van der Waals surface area contributed by atoms with Gasteiger partial charge in [-0.3, -0.25) is 4.90 Å². The van der Waals surface area contributed by atoms with Crippen LogP contribution in [0.15, 0.2) is 18.2 Å². The number of halogens is 2. The van der Waals surface area contributed by atoms with Crippen LogP contribution in [-0.2, 0) is 4.74 Å². The van der Waals surface area contributed by atoms with Crippen LogP contribution in [0.5, 0.6) is 5.88 Å². The monoisotopic (exact) mass is 399 g/mol. The van der Waals surface area contributed by atoms with Crippen LogP contribution in [0.4, 0.5) is 0 Å². The van der Waals surface area contributed by atoms with E-state index in [4.69, 9.17) is 32.7 Å². The molecule has 142 valence electrons. The second-order valence-corrected chi connectivity index (χ2v) is 7.11. The van der Waals surface area contributed by atoms with Crippen molar-refractivity contribution in [3.05, 3.63) is 39.5 Å². The molecule has 6 nitrogen and oxygen atoms in total. The largest absolute Gasteiger partial charge is 0.475 e. The first-order valence-electron chi connectivity index (χ1n) is 8.63. The minimum atomic E-state index is -0.690. The van der Waals surface area contributed by atoms with Gasteiger partial charge in [0.15, 0.2) is 0 Å². The number of aliphatic hydroxyl groups excluding tert-OH is 1. The zero-order chi connectivity index (χ0) is 18.7. The molecular formula is C18H23Cl2N3O3. The maximum Gasteiger partial charge on any atom is 0.239 e. The van der Waals surface area contributed by atoms with Gasteiger partial charge < -0.3 is 14.6 Å². The van der Waals surface area contributed by atoms with Crippen LogP contribution >= 0.6 is 23.2 Å². The molecule has 0 radical (unpaired) electrons. The number of hydrogen-bond donors (Lipinski definition) is 1. The molecule has 1 aliphatic heterocycles.